The van der Waals surface area contributed by atoms with Crippen LogP contribution >= 0.6 is 11.8 Å². The Morgan fingerprint density at radius 2 is 1.75 bits per heavy atom. The minimum absolute atomic E-state index is 0.0663. The van der Waals surface area contributed by atoms with Crippen LogP contribution in [0, 0.1) is 12.8 Å². The molecule has 2 saturated heterocycles. The normalized spacial score (nSPS) is 22.5. The van der Waals surface area contributed by atoms with Crippen molar-refractivity contribution in [3.8, 4) is 0 Å². The van der Waals surface area contributed by atoms with Gasteiger partial charge in [0, 0.05) is 44.0 Å². The lowest BCUT2D eigenvalue weighted by molar-refractivity contribution is -0.141. The van der Waals surface area contributed by atoms with Crippen LogP contribution in [0.5, 0.6) is 0 Å². The van der Waals surface area contributed by atoms with E-state index in [9.17, 15) is 9.59 Å². The molecule has 4 nitrogen and oxygen atoms in total. The van der Waals surface area contributed by atoms with E-state index in [2.05, 4.69) is 36.1 Å². The third-order valence-electron chi connectivity index (χ3n) is 5.16. The lowest BCUT2D eigenvalue weighted by Gasteiger charge is -2.40. The molecule has 130 valence electrons. The zero-order chi connectivity index (χ0) is 17.1. The molecule has 2 heterocycles. The lowest BCUT2D eigenvalue weighted by atomic mass is 9.93. The molecule has 2 fully saturated rings. The van der Waals surface area contributed by atoms with Crippen LogP contribution in [0.15, 0.2) is 24.3 Å². The summed E-state index contributed by atoms with van der Waals surface area (Å²) in [6.45, 7) is 5.95. The van der Waals surface area contributed by atoms with Gasteiger partial charge >= 0.3 is 0 Å². The Morgan fingerprint density at radius 3 is 2.38 bits per heavy atom. The van der Waals surface area contributed by atoms with Gasteiger partial charge in [-0.15, -0.1) is 0 Å². The van der Waals surface area contributed by atoms with Crippen molar-refractivity contribution in [1.82, 2.24) is 9.80 Å². The van der Waals surface area contributed by atoms with E-state index in [4.69, 9.17) is 0 Å². The van der Waals surface area contributed by atoms with Gasteiger partial charge in [0.15, 0.2) is 0 Å². The molecule has 1 atom stereocenters. The average molecular weight is 346 g/mol. The van der Waals surface area contributed by atoms with Gasteiger partial charge in [-0.3, -0.25) is 9.59 Å². The van der Waals surface area contributed by atoms with Crippen LogP contribution in [0.2, 0.25) is 0 Å². The highest BCUT2D eigenvalue weighted by molar-refractivity contribution is 7.99. The number of rotatable bonds is 2. The maximum atomic E-state index is 13.1. The fraction of sp³-hybridized carbons (Fsp3) is 0.579. The second-order valence-corrected chi connectivity index (χ2v) is 7.96. The summed E-state index contributed by atoms with van der Waals surface area (Å²) < 4.78 is 0. The molecule has 1 aromatic carbocycles. The van der Waals surface area contributed by atoms with Crippen molar-refractivity contribution in [2.75, 3.05) is 31.1 Å². The van der Waals surface area contributed by atoms with E-state index in [1.54, 1.807) is 6.92 Å². The van der Waals surface area contributed by atoms with Crippen molar-refractivity contribution in [3.63, 3.8) is 0 Å². The highest BCUT2D eigenvalue weighted by Crippen LogP contribution is 2.32. The second-order valence-electron chi connectivity index (χ2n) is 6.81. The number of hydrogen-bond donors (Lipinski definition) is 0. The summed E-state index contributed by atoms with van der Waals surface area (Å²) in [5.41, 5.74) is 2.49. The van der Waals surface area contributed by atoms with Gasteiger partial charge in [0.05, 0.1) is 6.04 Å². The van der Waals surface area contributed by atoms with Crippen molar-refractivity contribution in [1.29, 1.82) is 0 Å². The molecule has 0 bridgehead atoms. The average Bonchev–Trinajstić information content (AvgIpc) is 2.62. The Hall–Kier alpha value is -1.49. The van der Waals surface area contributed by atoms with E-state index < -0.39 is 0 Å². The number of nitrogens with zero attached hydrogens (tertiary/aromatic N) is 2. The first-order valence-electron chi connectivity index (χ1n) is 8.76. The fourth-order valence-corrected chi connectivity index (χ4v) is 4.70. The molecule has 2 amide bonds. The van der Waals surface area contributed by atoms with Crippen LogP contribution in [0.4, 0.5) is 0 Å². The molecule has 24 heavy (non-hydrogen) atoms. The van der Waals surface area contributed by atoms with Crippen LogP contribution < -0.4 is 0 Å². The Balaban J connectivity index is 1.70. The summed E-state index contributed by atoms with van der Waals surface area (Å²) in [5.74, 6) is 2.45. The first-order valence-corrected chi connectivity index (χ1v) is 9.92. The van der Waals surface area contributed by atoms with E-state index >= 15 is 0 Å². The van der Waals surface area contributed by atoms with Gasteiger partial charge < -0.3 is 9.80 Å². The number of thioether (sulfide) groups is 1. The Labute approximate surface area is 148 Å². The number of hydrogen-bond acceptors (Lipinski definition) is 3. The topological polar surface area (TPSA) is 40.6 Å². The quantitative estimate of drug-likeness (QED) is 0.827. The van der Waals surface area contributed by atoms with Gasteiger partial charge in [-0.25, -0.2) is 0 Å². The number of amides is 2. The molecular formula is C19H26N2O2S. The predicted octanol–water partition coefficient (Wildman–Crippen LogP) is 2.87. The number of benzene rings is 1. The van der Waals surface area contributed by atoms with Crippen LogP contribution in [-0.4, -0.2) is 52.8 Å². The molecule has 1 aromatic rings. The number of likely N-dealkylation sites (tertiary alicyclic amines) is 1. The van der Waals surface area contributed by atoms with Gasteiger partial charge in [-0.2, -0.15) is 11.8 Å². The van der Waals surface area contributed by atoms with Gasteiger partial charge in [0.25, 0.3) is 0 Å². The van der Waals surface area contributed by atoms with Crippen molar-refractivity contribution in [2.45, 2.75) is 32.7 Å². The van der Waals surface area contributed by atoms with E-state index in [1.165, 1.54) is 11.1 Å². The van der Waals surface area contributed by atoms with E-state index in [1.807, 2.05) is 16.7 Å². The van der Waals surface area contributed by atoms with Crippen molar-refractivity contribution in [2.24, 2.45) is 5.92 Å². The molecule has 0 spiro atoms. The highest BCUT2D eigenvalue weighted by atomic mass is 32.2. The largest absolute Gasteiger partial charge is 0.343 e. The molecule has 0 unspecified atom stereocenters. The lowest BCUT2D eigenvalue weighted by Crippen LogP contribution is -2.47. The summed E-state index contributed by atoms with van der Waals surface area (Å²) in [5, 5.41) is 0. The molecule has 2 aliphatic heterocycles. The number of carbonyl (C=O) groups is 2. The van der Waals surface area contributed by atoms with Gasteiger partial charge in [0.2, 0.25) is 11.8 Å². The van der Waals surface area contributed by atoms with Crippen molar-refractivity contribution in [3.05, 3.63) is 35.4 Å². The summed E-state index contributed by atoms with van der Waals surface area (Å²) in [4.78, 5) is 28.5. The monoisotopic (exact) mass is 346 g/mol. The van der Waals surface area contributed by atoms with E-state index in [0.717, 1.165) is 30.9 Å². The van der Waals surface area contributed by atoms with Crippen LogP contribution in [-0.2, 0) is 9.59 Å². The second kappa shape index (κ2) is 7.60. The first-order chi connectivity index (χ1) is 11.6. The minimum atomic E-state index is 0.0663. The predicted molar refractivity (Wildman–Crippen MR) is 97.9 cm³/mol. The van der Waals surface area contributed by atoms with Crippen LogP contribution in [0.1, 0.15) is 36.9 Å². The molecule has 3 rings (SSSR count). The van der Waals surface area contributed by atoms with Gasteiger partial charge in [-0.1, -0.05) is 29.8 Å². The third kappa shape index (κ3) is 3.77. The first kappa shape index (κ1) is 17.3. The smallest absolute Gasteiger partial charge is 0.226 e. The van der Waals surface area contributed by atoms with Crippen LogP contribution in [0.25, 0.3) is 0 Å². The maximum Gasteiger partial charge on any atom is 0.226 e. The molecule has 0 N–H and O–H groups in total. The molecule has 0 aliphatic carbocycles. The Bertz CT molecular complexity index is 594. The zero-order valence-electron chi connectivity index (χ0n) is 14.5. The molecule has 2 aliphatic rings. The van der Waals surface area contributed by atoms with Gasteiger partial charge in [-0.05, 0) is 25.3 Å². The third-order valence-corrected chi connectivity index (χ3v) is 6.19. The summed E-state index contributed by atoms with van der Waals surface area (Å²) >= 11 is 1.93. The van der Waals surface area contributed by atoms with E-state index in [0.29, 0.717) is 13.1 Å². The number of aryl methyl sites for hydroxylation is 1. The fourth-order valence-electron chi connectivity index (χ4n) is 3.61. The summed E-state index contributed by atoms with van der Waals surface area (Å²) in [6, 6.07) is 8.75. The van der Waals surface area contributed by atoms with Gasteiger partial charge in [0.1, 0.15) is 0 Å². The SMILES string of the molecule is CC(=O)N1CCC(C(=O)N2CCSC[C@H]2c2ccc(C)cc2)CC1. The summed E-state index contributed by atoms with van der Waals surface area (Å²) in [6.07, 6.45) is 1.59. The van der Waals surface area contributed by atoms with E-state index in [-0.39, 0.29) is 23.8 Å². The Morgan fingerprint density at radius 1 is 1.08 bits per heavy atom. The molecule has 0 aromatic heterocycles. The maximum absolute atomic E-state index is 13.1. The molecule has 0 saturated carbocycles. The summed E-state index contributed by atoms with van der Waals surface area (Å²) in [7, 11) is 0. The zero-order valence-corrected chi connectivity index (χ0v) is 15.3. The molecular weight excluding hydrogens is 320 g/mol. The molecule has 5 heteroatoms. The van der Waals surface area contributed by atoms with Crippen LogP contribution in [0.3, 0.4) is 0 Å². The number of carbonyl (C=O) groups excluding carboxylic acids is 2. The Kier molecular flexibility index (Phi) is 5.49. The molecule has 0 radical (unpaired) electrons. The standard InChI is InChI=1S/C19H26N2O2S/c1-14-3-5-16(6-4-14)18-13-24-12-11-21(18)19(23)17-7-9-20(10-8-17)15(2)22/h3-6,17-18H,7-13H2,1-2H3/t18-/m0/s1. The highest BCUT2D eigenvalue weighted by Gasteiger charge is 2.34. The van der Waals surface area contributed by atoms with Crippen molar-refractivity contribution >= 4 is 23.6 Å². The minimum Gasteiger partial charge on any atom is -0.343 e. The number of piperidine rings is 1. The van der Waals surface area contributed by atoms with Crippen molar-refractivity contribution < 1.29 is 9.59 Å².